The molecule has 0 bridgehead atoms. The standard InChI is InChI=1S/C14H22O3/c1-5-16-11(2)14(17-12(3)15-4)13-9-7-6-8-10-13/h6-12,14H,5H2,1-4H3. The molecule has 0 saturated carbocycles. The fourth-order valence-corrected chi connectivity index (χ4v) is 1.72. The van der Waals surface area contributed by atoms with Crippen molar-refractivity contribution in [3.63, 3.8) is 0 Å². The summed E-state index contributed by atoms with van der Waals surface area (Å²) in [5.74, 6) is 0. The predicted octanol–water partition coefficient (Wildman–Crippen LogP) is 3.16. The third-order valence-electron chi connectivity index (χ3n) is 2.65. The van der Waals surface area contributed by atoms with Gasteiger partial charge in [0.2, 0.25) is 0 Å². The number of ether oxygens (including phenoxy) is 3. The van der Waals surface area contributed by atoms with Gasteiger partial charge in [-0.05, 0) is 26.3 Å². The maximum Gasteiger partial charge on any atom is 0.155 e. The van der Waals surface area contributed by atoms with Crippen molar-refractivity contribution >= 4 is 0 Å². The first kappa shape index (κ1) is 14.2. The first-order valence-electron chi connectivity index (χ1n) is 6.03. The smallest absolute Gasteiger partial charge is 0.155 e. The van der Waals surface area contributed by atoms with Gasteiger partial charge in [0.25, 0.3) is 0 Å². The van der Waals surface area contributed by atoms with E-state index in [1.165, 1.54) is 0 Å². The minimum Gasteiger partial charge on any atom is -0.376 e. The molecule has 3 atom stereocenters. The Morgan fingerprint density at radius 2 is 1.76 bits per heavy atom. The van der Waals surface area contributed by atoms with Gasteiger partial charge in [-0.2, -0.15) is 0 Å². The maximum absolute atomic E-state index is 5.85. The van der Waals surface area contributed by atoms with Gasteiger partial charge in [-0.25, -0.2) is 0 Å². The van der Waals surface area contributed by atoms with Crippen LogP contribution in [0.2, 0.25) is 0 Å². The lowest BCUT2D eigenvalue weighted by Crippen LogP contribution is -2.26. The van der Waals surface area contributed by atoms with E-state index in [1.807, 2.05) is 51.1 Å². The van der Waals surface area contributed by atoms with Crippen molar-refractivity contribution in [1.29, 1.82) is 0 Å². The molecule has 0 amide bonds. The molecule has 0 aliphatic rings. The molecular weight excluding hydrogens is 216 g/mol. The van der Waals surface area contributed by atoms with E-state index in [2.05, 4.69) is 0 Å². The molecule has 96 valence electrons. The lowest BCUT2D eigenvalue weighted by Gasteiger charge is -2.27. The van der Waals surface area contributed by atoms with Crippen LogP contribution in [-0.4, -0.2) is 26.1 Å². The normalized spacial score (nSPS) is 16.5. The lowest BCUT2D eigenvalue weighted by molar-refractivity contribution is -0.178. The van der Waals surface area contributed by atoms with Gasteiger partial charge in [-0.3, -0.25) is 0 Å². The van der Waals surface area contributed by atoms with Crippen molar-refractivity contribution < 1.29 is 14.2 Å². The minimum absolute atomic E-state index is 0.000000000000000222. The number of hydrogen-bond acceptors (Lipinski definition) is 3. The molecule has 0 aromatic heterocycles. The van der Waals surface area contributed by atoms with Crippen LogP contribution in [0.3, 0.4) is 0 Å². The summed E-state index contributed by atoms with van der Waals surface area (Å²) in [5, 5.41) is 0. The first-order chi connectivity index (χ1) is 8.19. The summed E-state index contributed by atoms with van der Waals surface area (Å²) >= 11 is 0. The molecule has 0 radical (unpaired) electrons. The Morgan fingerprint density at radius 1 is 1.12 bits per heavy atom. The Kier molecular flexibility index (Phi) is 6.19. The molecule has 1 rings (SSSR count). The van der Waals surface area contributed by atoms with Crippen LogP contribution in [0.15, 0.2) is 30.3 Å². The van der Waals surface area contributed by atoms with E-state index in [1.54, 1.807) is 7.11 Å². The van der Waals surface area contributed by atoms with Gasteiger partial charge < -0.3 is 14.2 Å². The highest BCUT2D eigenvalue weighted by Gasteiger charge is 2.22. The van der Waals surface area contributed by atoms with E-state index in [4.69, 9.17) is 14.2 Å². The highest BCUT2D eigenvalue weighted by molar-refractivity contribution is 5.18. The molecule has 1 aromatic rings. The maximum atomic E-state index is 5.85. The van der Waals surface area contributed by atoms with Crippen LogP contribution in [0.25, 0.3) is 0 Å². The molecule has 0 spiro atoms. The van der Waals surface area contributed by atoms with Gasteiger partial charge in [0.15, 0.2) is 6.29 Å². The van der Waals surface area contributed by atoms with Crippen LogP contribution >= 0.6 is 0 Å². The third kappa shape index (κ3) is 4.46. The predicted molar refractivity (Wildman–Crippen MR) is 67.8 cm³/mol. The molecular formula is C14H22O3. The van der Waals surface area contributed by atoms with Crippen molar-refractivity contribution in [1.82, 2.24) is 0 Å². The lowest BCUT2D eigenvalue weighted by atomic mass is 10.1. The fourth-order valence-electron chi connectivity index (χ4n) is 1.72. The number of methoxy groups -OCH3 is 1. The number of benzene rings is 1. The van der Waals surface area contributed by atoms with Gasteiger partial charge in [-0.15, -0.1) is 0 Å². The summed E-state index contributed by atoms with van der Waals surface area (Å²) in [7, 11) is 1.64. The van der Waals surface area contributed by atoms with E-state index >= 15 is 0 Å². The van der Waals surface area contributed by atoms with E-state index < -0.39 is 0 Å². The molecule has 0 fully saturated rings. The quantitative estimate of drug-likeness (QED) is 0.683. The van der Waals surface area contributed by atoms with E-state index in [9.17, 15) is 0 Å². The monoisotopic (exact) mass is 238 g/mol. The minimum atomic E-state index is -0.247. The van der Waals surface area contributed by atoms with Crippen molar-refractivity contribution in [3.05, 3.63) is 35.9 Å². The summed E-state index contributed by atoms with van der Waals surface area (Å²) in [6.07, 6.45) is -0.353. The second-order valence-corrected chi connectivity index (χ2v) is 3.93. The zero-order valence-electron chi connectivity index (χ0n) is 11.1. The SMILES string of the molecule is CCOC(C)C(OC(C)OC)c1ccccc1. The Balaban J connectivity index is 2.78. The third-order valence-corrected chi connectivity index (χ3v) is 2.65. The Labute approximate surface area is 104 Å². The highest BCUT2D eigenvalue weighted by Crippen LogP contribution is 2.25. The molecule has 1 aromatic carbocycles. The van der Waals surface area contributed by atoms with E-state index in [0.29, 0.717) is 6.61 Å². The number of hydrogen-bond donors (Lipinski definition) is 0. The van der Waals surface area contributed by atoms with E-state index in [-0.39, 0.29) is 18.5 Å². The van der Waals surface area contributed by atoms with Gasteiger partial charge in [-0.1, -0.05) is 30.3 Å². The largest absolute Gasteiger partial charge is 0.376 e. The summed E-state index contributed by atoms with van der Waals surface area (Å²) in [6, 6.07) is 10.1. The highest BCUT2D eigenvalue weighted by atomic mass is 16.7. The molecule has 0 aliphatic heterocycles. The number of rotatable bonds is 7. The van der Waals surface area contributed by atoms with Crippen LogP contribution in [-0.2, 0) is 14.2 Å². The zero-order chi connectivity index (χ0) is 12.7. The molecule has 0 heterocycles. The summed E-state index contributed by atoms with van der Waals surface area (Å²) in [4.78, 5) is 0. The van der Waals surface area contributed by atoms with Crippen LogP contribution in [0, 0.1) is 0 Å². The molecule has 0 saturated heterocycles. The zero-order valence-corrected chi connectivity index (χ0v) is 11.1. The first-order valence-corrected chi connectivity index (χ1v) is 6.03. The van der Waals surface area contributed by atoms with Gasteiger partial charge in [0.1, 0.15) is 6.10 Å². The van der Waals surface area contributed by atoms with Gasteiger partial charge >= 0.3 is 0 Å². The van der Waals surface area contributed by atoms with Gasteiger partial charge in [0.05, 0.1) is 6.10 Å². The van der Waals surface area contributed by atoms with Crippen LogP contribution in [0.1, 0.15) is 32.4 Å². The topological polar surface area (TPSA) is 27.7 Å². The van der Waals surface area contributed by atoms with Crippen molar-refractivity contribution in [2.75, 3.05) is 13.7 Å². The molecule has 3 unspecified atom stereocenters. The average molecular weight is 238 g/mol. The molecule has 0 N–H and O–H groups in total. The second kappa shape index (κ2) is 7.43. The Bertz CT molecular complexity index is 300. The average Bonchev–Trinajstić information content (AvgIpc) is 2.36. The Morgan fingerprint density at radius 3 is 2.29 bits per heavy atom. The van der Waals surface area contributed by atoms with E-state index in [0.717, 1.165) is 5.56 Å². The van der Waals surface area contributed by atoms with Crippen molar-refractivity contribution in [2.24, 2.45) is 0 Å². The summed E-state index contributed by atoms with van der Waals surface area (Å²) in [6.45, 7) is 6.56. The van der Waals surface area contributed by atoms with Crippen molar-refractivity contribution in [3.8, 4) is 0 Å². The molecule has 3 heteroatoms. The van der Waals surface area contributed by atoms with Crippen LogP contribution in [0.5, 0.6) is 0 Å². The molecule has 17 heavy (non-hydrogen) atoms. The second-order valence-electron chi connectivity index (χ2n) is 3.93. The molecule has 0 aliphatic carbocycles. The van der Waals surface area contributed by atoms with Crippen LogP contribution < -0.4 is 0 Å². The Hall–Kier alpha value is -0.900. The fraction of sp³-hybridized carbons (Fsp3) is 0.571. The van der Waals surface area contributed by atoms with Crippen LogP contribution in [0.4, 0.5) is 0 Å². The summed E-state index contributed by atoms with van der Waals surface area (Å²) in [5.41, 5.74) is 1.11. The van der Waals surface area contributed by atoms with Gasteiger partial charge in [0, 0.05) is 13.7 Å². The van der Waals surface area contributed by atoms with Crippen molar-refractivity contribution in [2.45, 2.75) is 39.3 Å². The summed E-state index contributed by atoms with van der Waals surface area (Å²) < 4.78 is 16.6. The molecule has 3 nitrogen and oxygen atoms in total.